The van der Waals surface area contributed by atoms with E-state index in [1.165, 1.54) is 6.07 Å². The van der Waals surface area contributed by atoms with Crippen LogP contribution in [0.5, 0.6) is 0 Å². The number of hydrogen-bond donors (Lipinski definition) is 0. The molecule has 0 atom stereocenters. The summed E-state index contributed by atoms with van der Waals surface area (Å²) in [5.74, 6) is 0.968. The number of hydrogen-bond acceptors (Lipinski definition) is 3. The smallest absolute Gasteiger partial charge is 0.309 e. The third kappa shape index (κ3) is 7.62. The molecule has 0 aliphatic carbocycles. The molecule has 0 bridgehead atoms. The third-order valence-corrected chi connectivity index (χ3v) is 14.5. The molecule has 370 valence electrons. The first-order valence-corrected chi connectivity index (χ1v) is 24.8. The molecular weight excluding hydrogens is 979 g/mol. The monoisotopic (exact) mass is 1020 g/mol. The lowest BCUT2D eigenvalue weighted by Gasteiger charge is -2.18. The fraction of sp³-hybridized carbons (Fsp3) is 0.0308. The maximum absolute atomic E-state index is 14.6. The van der Waals surface area contributed by atoms with Crippen LogP contribution >= 0.6 is 0 Å². The van der Waals surface area contributed by atoms with E-state index in [0.717, 1.165) is 77.9 Å². The summed E-state index contributed by atoms with van der Waals surface area (Å²) in [5, 5.41) is 6.03. The van der Waals surface area contributed by atoms with Gasteiger partial charge in [-0.1, -0.05) is 140 Å². The van der Waals surface area contributed by atoms with Crippen LogP contribution in [0, 0.1) is 0 Å². The number of halogens is 6. The Balaban J connectivity index is 1.10. The Morgan fingerprint density at radius 2 is 0.649 bits per heavy atom. The molecule has 0 saturated heterocycles. The van der Waals surface area contributed by atoms with E-state index in [1.54, 1.807) is 12.1 Å². The Morgan fingerprint density at radius 3 is 1.06 bits per heavy atom. The topological polar surface area (TPSA) is 53.5 Å². The maximum atomic E-state index is 14.6. The average molecular weight is 1020 g/mol. The highest BCUT2D eigenvalue weighted by Gasteiger charge is 2.37. The number of rotatable bonds is 7. The molecule has 14 aromatic rings. The first kappa shape index (κ1) is 45.8. The summed E-state index contributed by atoms with van der Waals surface area (Å²) in [6.45, 7) is 0. The first-order chi connectivity index (χ1) is 37.4. The van der Waals surface area contributed by atoms with Gasteiger partial charge in [-0.05, 0) is 102 Å². The van der Waals surface area contributed by atoms with Gasteiger partial charge in [0.15, 0.2) is 17.5 Å². The van der Waals surface area contributed by atoms with Crippen molar-refractivity contribution >= 4 is 65.4 Å². The van der Waals surface area contributed by atoms with E-state index in [0.29, 0.717) is 45.1 Å². The zero-order valence-corrected chi connectivity index (χ0v) is 40.4. The van der Waals surface area contributed by atoms with Gasteiger partial charge in [0.05, 0.1) is 49.9 Å². The summed E-state index contributed by atoms with van der Waals surface area (Å²) in [6.07, 6.45) is -10.1. The number of para-hydroxylation sites is 4. The van der Waals surface area contributed by atoms with E-state index in [4.69, 9.17) is 15.0 Å². The zero-order valence-electron chi connectivity index (χ0n) is 40.4. The van der Waals surface area contributed by atoms with Crippen LogP contribution in [0.15, 0.2) is 231 Å². The lowest BCUT2D eigenvalue weighted by Crippen LogP contribution is -2.11. The highest BCUT2D eigenvalue weighted by Crippen LogP contribution is 2.44. The third-order valence-electron chi connectivity index (χ3n) is 14.5. The van der Waals surface area contributed by atoms with E-state index in [2.05, 4.69) is 69.8 Å². The van der Waals surface area contributed by atoms with Gasteiger partial charge in [0.25, 0.3) is 0 Å². The summed E-state index contributed by atoms with van der Waals surface area (Å²) in [6, 6.07) is 70.8. The number of benzene rings is 10. The Morgan fingerprint density at radius 1 is 0.273 bits per heavy atom. The van der Waals surface area contributed by atoms with Crippen molar-refractivity contribution in [3.63, 3.8) is 0 Å². The van der Waals surface area contributed by atoms with Crippen molar-refractivity contribution in [3.05, 3.63) is 242 Å². The Hall–Kier alpha value is -9.81. The maximum Gasteiger partial charge on any atom is 0.416 e. The van der Waals surface area contributed by atoms with Crippen molar-refractivity contribution in [3.8, 4) is 62.4 Å². The van der Waals surface area contributed by atoms with Gasteiger partial charge in [0.2, 0.25) is 0 Å². The summed E-state index contributed by atoms with van der Waals surface area (Å²) in [5.41, 5.74) is 6.50. The zero-order chi connectivity index (χ0) is 52.2. The average Bonchev–Trinajstić information content (AvgIpc) is 4.30. The number of alkyl halides is 6. The molecule has 0 saturated carbocycles. The highest BCUT2D eigenvalue weighted by molar-refractivity contribution is 6.14. The molecular formula is C65H38F6N6. The van der Waals surface area contributed by atoms with E-state index in [-0.39, 0.29) is 23.0 Å². The number of nitrogens with zero attached hydrogens (tertiary/aromatic N) is 6. The molecule has 0 amide bonds. The second-order valence-electron chi connectivity index (χ2n) is 19.0. The van der Waals surface area contributed by atoms with E-state index in [1.807, 2.05) is 138 Å². The Labute approximate surface area is 435 Å². The van der Waals surface area contributed by atoms with Crippen LogP contribution in [-0.2, 0) is 12.4 Å². The van der Waals surface area contributed by atoms with Gasteiger partial charge in [0.1, 0.15) is 0 Å². The van der Waals surface area contributed by atoms with Gasteiger partial charge in [0, 0.05) is 60.4 Å². The summed E-state index contributed by atoms with van der Waals surface area (Å²) < 4.78 is 93.9. The lowest BCUT2D eigenvalue weighted by atomic mass is 9.97. The Bertz CT molecular complexity index is 4300. The van der Waals surface area contributed by atoms with Crippen molar-refractivity contribution in [2.45, 2.75) is 12.4 Å². The van der Waals surface area contributed by atoms with Crippen molar-refractivity contribution in [1.82, 2.24) is 28.7 Å². The molecule has 0 spiro atoms. The van der Waals surface area contributed by atoms with Crippen LogP contribution in [0.2, 0.25) is 0 Å². The molecule has 10 aromatic carbocycles. The molecule has 77 heavy (non-hydrogen) atoms. The van der Waals surface area contributed by atoms with Crippen molar-refractivity contribution in [2.75, 3.05) is 0 Å². The minimum Gasteiger partial charge on any atom is -0.309 e. The van der Waals surface area contributed by atoms with E-state index >= 15 is 0 Å². The minimum absolute atomic E-state index is 0.111. The predicted molar refractivity (Wildman–Crippen MR) is 295 cm³/mol. The van der Waals surface area contributed by atoms with Crippen molar-refractivity contribution < 1.29 is 26.3 Å². The molecule has 14 rings (SSSR count). The molecule has 4 aromatic heterocycles. The second kappa shape index (κ2) is 17.4. The van der Waals surface area contributed by atoms with E-state index in [9.17, 15) is 26.3 Å². The first-order valence-electron chi connectivity index (χ1n) is 24.8. The lowest BCUT2D eigenvalue weighted by molar-refractivity contribution is -0.143. The standard InChI is InChI=1S/C65H38F6N6/c66-64(67,68)43-33-42(34-44(36-43)65(69,70)71)41-27-30-51(63-73-61(39-15-3-1-4-16-39)72-62(74-63)40-17-5-2-6-18-40)60(35-41)77-58-31-28-45(75-54-23-11-7-19-47(54)48-20-8-12-24-55(48)75)37-52(58)53-38-46(29-32-59(53)77)76-56-25-13-9-21-49(56)50-22-10-14-26-57(50)76/h1-38H. The minimum atomic E-state index is -5.07. The Kier molecular flexibility index (Phi) is 10.3. The van der Waals surface area contributed by atoms with Crippen LogP contribution in [-0.4, -0.2) is 28.7 Å². The van der Waals surface area contributed by atoms with Gasteiger partial charge in [-0.2, -0.15) is 26.3 Å². The normalized spacial score (nSPS) is 12.3. The fourth-order valence-corrected chi connectivity index (χ4v) is 11.1. The van der Waals surface area contributed by atoms with Gasteiger partial charge < -0.3 is 13.7 Å². The predicted octanol–water partition coefficient (Wildman–Crippen LogP) is 17.9. The molecule has 0 unspecified atom stereocenters. The summed E-state index contributed by atoms with van der Waals surface area (Å²) in [4.78, 5) is 15.1. The van der Waals surface area contributed by atoms with Gasteiger partial charge in [-0.25, -0.2) is 15.0 Å². The summed E-state index contributed by atoms with van der Waals surface area (Å²) >= 11 is 0. The molecule has 0 N–H and O–H groups in total. The van der Waals surface area contributed by atoms with Gasteiger partial charge in [-0.3, -0.25) is 0 Å². The van der Waals surface area contributed by atoms with Crippen molar-refractivity contribution in [2.24, 2.45) is 0 Å². The van der Waals surface area contributed by atoms with Gasteiger partial charge >= 0.3 is 12.4 Å². The van der Waals surface area contributed by atoms with Gasteiger partial charge in [-0.15, -0.1) is 0 Å². The fourth-order valence-electron chi connectivity index (χ4n) is 11.1. The van der Waals surface area contributed by atoms with Crippen LogP contribution in [0.25, 0.3) is 128 Å². The highest BCUT2D eigenvalue weighted by atomic mass is 19.4. The molecule has 0 aliphatic rings. The second-order valence-corrected chi connectivity index (χ2v) is 19.0. The summed E-state index contributed by atoms with van der Waals surface area (Å²) in [7, 11) is 0. The molecule has 12 heteroatoms. The van der Waals surface area contributed by atoms with Crippen molar-refractivity contribution in [1.29, 1.82) is 0 Å². The number of aromatic nitrogens is 6. The molecule has 6 nitrogen and oxygen atoms in total. The molecule has 4 heterocycles. The van der Waals surface area contributed by atoms with Crippen LogP contribution < -0.4 is 0 Å². The van der Waals surface area contributed by atoms with Crippen LogP contribution in [0.1, 0.15) is 11.1 Å². The molecule has 0 fully saturated rings. The molecule has 0 radical (unpaired) electrons. The number of fused-ring (bicyclic) bond motifs is 9. The largest absolute Gasteiger partial charge is 0.416 e. The van der Waals surface area contributed by atoms with Crippen LogP contribution in [0.3, 0.4) is 0 Å². The quantitative estimate of drug-likeness (QED) is 0.150. The molecule has 0 aliphatic heterocycles. The van der Waals surface area contributed by atoms with Crippen LogP contribution in [0.4, 0.5) is 26.3 Å². The SMILES string of the molecule is FC(F)(F)c1cc(-c2ccc(-c3nc(-c4ccccc4)nc(-c4ccccc4)n3)c(-n3c4ccc(-n5c6ccccc6c6ccccc65)cc4c4cc(-n5c6ccccc6c6ccccc65)ccc43)c2)cc(C(F)(F)F)c1. The van der Waals surface area contributed by atoms with E-state index < -0.39 is 23.5 Å².